The lowest BCUT2D eigenvalue weighted by atomic mass is 10.1. The molecular formula is C13H17FN2. The lowest BCUT2D eigenvalue weighted by Gasteiger charge is -2.22. The molecule has 1 rings (SSSR count). The van der Waals surface area contributed by atoms with Crippen molar-refractivity contribution in [2.75, 3.05) is 7.05 Å². The van der Waals surface area contributed by atoms with Crippen molar-refractivity contribution in [1.29, 1.82) is 5.26 Å². The number of rotatable bonds is 4. The van der Waals surface area contributed by atoms with E-state index >= 15 is 0 Å². The van der Waals surface area contributed by atoms with Crippen LogP contribution < -0.4 is 0 Å². The number of aryl methyl sites for hydroxylation is 1. The Morgan fingerprint density at radius 3 is 2.75 bits per heavy atom. The molecule has 0 heterocycles. The SMILES string of the molecule is Cc1ccc(CN(C)C(C)CC#N)c(F)c1. The molecule has 0 saturated heterocycles. The molecular weight excluding hydrogens is 203 g/mol. The van der Waals surface area contributed by atoms with Crippen LogP contribution in [0.5, 0.6) is 0 Å². The highest BCUT2D eigenvalue weighted by molar-refractivity contribution is 5.23. The molecule has 1 unspecified atom stereocenters. The second-order valence-electron chi connectivity index (χ2n) is 4.22. The van der Waals surface area contributed by atoms with E-state index in [2.05, 4.69) is 6.07 Å². The zero-order valence-corrected chi connectivity index (χ0v) is 10.00. The average Bonchev–Trinajstić information content (AvgIpc) is 2.22. The fourth-order valence-corrected chi connectivity index (χ4v) is 1.49. The third-order valence-electron chi connectivity index (χ3n) is 2.77. The van der Waals surface area contributed by atoms with Crippen LogP contribution in [0.15, 0.2) is 18.2 Å². The number of benzene rings is 1. The lowest BCUT2D eigenvalue weighted by molar-refractivity contribution is 0.249. The average molecular weight is 220 g/mol. The van der Waals surface area contributed by atoms with Crippen LogP contribution in [-0.4, -0.2) is 18.0 Å². The Bertz CT molecular complexity index is 395. The van der Waals surface area contributed by atoms with Crippen molar-refractivity contribution < 1.29 is 4.39 Å². The van der Waals surface area contributed by atoms with Gasteiger partial charge in [-0.25, -0.2) is 4.39 Å². The molecule has 0 N–H and O–H groups in total. The van der Waals surface area contributed by atoms with Gasteiger partial charge in [-0.3, -0.25) is 4.90 Å². The van der Waals surface area contributed by atoms with E-state index in [1.54, 1.807) is 6.07 Å². The number of nitriles is 1. The van der Waals surface area contributed by atoms with Gasteiger partial charge in [0.2, 0.25) is 0 Å². The summed E-state index contributed by atoms with van der Waals surface area (Å²) in [4.78, 5) is 1.98. The van der Waals surface area contributed by atoms with E-state index in [-0.39, 0.29) is 11.9 Å². The van der Waals surface area contributed by atoms with E-state index in [9.17, 15) is 4.39 Å². The van der Waals surface area contributed by atoms with Crippen molar-refractivity contribution in [1.82, 2.24) is 4.90 Å². The maximum atomic E-state index is 13.6. The second kappa shape index (κ2) is 5.62. The van der Waals surface area contributed by atoms with Crippen molar-refractivity contribution in [2.45, 2.75) is 32.9 Å². The third kappa shape index (κ3) is 3.32. The van der Waals surface area contributed by atoms with Crippen molar-refractivity contribution in [2.24, 2.45) is 0 Å². The maximum absolute atomic E-state index is 13.6. The Morgan fingerprint density at radius 2 is 2.19 bits per heavy atom. The van der Waals surface area contributed by atoms with Gasteiger partial charge in [0.25, 0.3) is 0 Å². The van der Waals surface area contributed by atoms with Crippen LogP contribution in [0.1, 0.15) is 24.5 Å². The summed E-state index contributed by atoms with van der Waals surface area (Å²) in [6.45, 7) is 4.37. The first kappa shape index (κ1) is 12.7. The molecule has 0 spiro atoms. The van der Waals surface area contributed by atoms with Crippen LogP contribution in [-0.2, 0) is 6.54 Å². The Balaban J connectivity index is 2.70. The molecule has 0 bridgehead atoms. The van der Waals surface area contributed by atoms with Gasteiger partial charge in [-0.1, -0.05) is 12.1 Å². The first-order valence-corrected chi connectivity index (χ1v) is 5.36. The molecule has 0 amide bonds. The molecule has 1 atom stereocenters. The van der Waals surface area contributed by atoms with Crippen LogP contribution in [0.2, 0.25) is 0 Å². The molecule has 0 radical (unpaired) electrons. The fourth-order valence-electron chi connectivity index (χ4n) is 1.49. The highest BCUT2D eigenvalue weighted by atomic mass is 19.1. The summed E-state index contributed by atoms with van der Waals surface area (Å²) in [6, 6.07) is 7.52. The minimum atomic E-state index is -0.170. The normalized spacial score (nSPS) is 12.5. The highest BCUT2D eigenvalue weighted by Crippen LogP contribution is 2.13. The molecule has 86 valence electrons. The second-order valence-corrected chi connectivity index (χ2v) is 4.22. The van der Waals surface area contributed by atoms with Gasteiger partial charge in [0.15, 0.2) is 0 Å². The first-order valence-electron chi connectivity index (χ1n) is 5.36. The number of hydrogen-bond acceptors (Lipinski definition) is 2. The van der Waals surface area contributed by atoms with Gasteiger partial charge in [0, 0.05) is 18.2 Å². The Labute approximate surface area is 96.3 Å². The summed E-state index contributed by atoms with van der Waals surface area (Å²) in [7, 11) is 1.90. The molecule has 0 aliphatic carbocycles. The topological polar surface area (TPSA) is 27.0 Å². The van der Waals surface area contributed by atoms with Crippen LogP contribution in [0, 0.1) is 24.1 Å². The van der Waals surface area contributed by atoms with Gasteiger partial charge in [-0.05, 0) is 32.5 Å². The monoisotopic (exact) mass is 220 g/mol. The predicted molar refractivity (Wildman–Crippen MR) is 62.3 cm³/mol. The number of halogens is 1. The smallest absolute Gasteiger partial charge is 0.127 e. The third-order valence-corrected chi connectivity index (χ3v) is 2.77. The molecule has 0 aliphatic rings. The van der Waals surface area contributed by atoms with Crippen LogP contribution in [0.4, 0.5) is 4.39 Å². The zero-order chi connectivity index (χ0) is 12.1. The molecule has 0 aliphatic heterocycles. The summed E-state index contributed by atoms with van der Waals surface area (Å²) in [5.41, 5.74) is 1.60. The summed E-state index contributed by atoms with van der Waals surface area (Å²) in [6.07, 6.45) is 0.462. The molecule has 3 heteroatoms. The maximum Gasteiger partial charge on any atom is 0.127 e. The molecule has 0 aromatic heterocycles. The van der Waals surface area contributed by atoms with E-state index in [4.69, 9.17) is 5.26 Å². The van der Waals surface area contributed by atoms with E-state index in [0.717, 1.165) is 5.56 Å². The van der Waals surface area contributed by atoms with Gasteiger partial charge < -0.3 is 0 Å². The predicted octanol–water partition coefficient (Wildman–Crippen LogP) is 2.87. The van der Waals surface area contributed by atoms with E-state index in [1.807, 2.05) is 31.9 Å². The van der Waals surface area contributed by atoms with Gasteiger partial charge in [0.1, 0.15) is 5.82 Å². The van der Waals surface area contributed by atoms with E-state index in [1.165, 1.54) is 6.07 Å². The minimum absolute atomic E-state index is 0.144. The highest BCUT2D eigenvalue weighted by Gasteiger charge is 2.11. The number of hydrogen-bond donors (Lipinski definition) is 0. The van der Waals surface area contributed by atoms with Gasteiger partial charge in [-0.2, -0.15) is 5.26 Å². The summed E-state index contributed by atoms with van der Waals surface area (Å²) in [5.74, 6) is -0.170. The van der Waals surface area contributed by atoms with Crippen LogP contribution >= 0.6 is 0 Å². The molecule has 0 fully saturated rings. The Morgan fingerprint density at radius 1 is 1.50 bits per heavy atom. The number of nitrogens with zero attached hydrogens (tertiary/aromatic N) is 2. The molecule has 2 nitrogen and oxygen atoms in total. The minimum Gasteiger partial charge on any atom is -0.298 e. The van der Waals surface area contributed by atoms with Crippen LogP contribution in [0.3, 0.4) is 0 Å². The van der Waals surface area contributed by atoms with E-state index < -0.39 is 0 Å². The lowest BCUT2D eigenvalue weighted by Crippen LogP contribution is -2.28. The van der Waals surface area contributed by atoms with Gasteiger partial charge >= 0.3 is 0 Å². The Kier molecular flexibility index (Phi) is 4.45. The summed E-state index contributed by atoms with van der Waals surface area (Å²) < 4.78 is 13.6. The largest absolute Gasteiger partial charge is 0.298 e. The Hall–Kier alpha value is -1.40. The zero-order valence-electron chi connectivity index (χ0n) is 10.00. The van der Waals surface area contributed by atoms with Crippen molar-refractivity contribution in [3.8, 4) is 6.07 Å². The quantitative estimate of drug-likeness (QED) is 0.780. The molecule has 0 saturated carbocycles. The fraction of sp³-hybridized carbons (Fsp3) is 0.462. The molecule has 1 aromatic rings. The van der Waals surface area contributed by atoms with Gasteiger partial charge in [-0.15, -0.1) is 0 Å². The van der Waals surface area contributed by atoms with E-state index in [0.29, 0.717) is 18.5 Å². The standard InChI is InChI=1S/C13H17FN2/c1-10-4-5-12(13(14)8-10)9-16(3)11(2)6-7-15/h4-5,8,11H,6,9H2,1-3H3. The van der Waals surface area contributed by atoms with Crippen LogP contribution in [0.25, 0.3) is 0 Å². The molecule has 1 aromatic carbocycles. The van der Waals surface area contributed by atoms with Crippen molar-refractivity contribution >= 4 is 0 Å². The molecule has 16 heavy (non-hydrogen) atoms. The summed E-state index contributed by atoms with van der Waals surface area (Å²) in [5, 5.41) is 8.59. The first-order chi connectivity index (χ1) is 7.54. The van der Waals surface area contributed by atoms with Crippen molar-refractivity contribution in [3.63, 3.8) is 0 Å². The summed E-state index contributed by atoms with van der Waals surface area (Å²) >= 11 is 0. The van der Waals surface area contributed by atoms with Gasteiger partial charge in [0.05, 0.1) is 12.5 Å². The van der Waals surface area contributed by atoms with Crippen molar-refractivity contribution in [3.05, 3.63) is 35.1 Å².